The maximum atomic E-state index is 12.2. The Morgan fingerprint density at radius 2 is 2.09 bits per heavy atom. The molecule has 2 aromatic heterocycles. The molecule has 0 radical (unpaired) electrons. The molecule has 0 spiro atoms. The van der Waals surface area contributed by atoms with Crippen LogP contribution in [0.15, 0.2) is 12.4 Å². The highest BCUT2D eigenvalue weighted by molar-refractivity contribution is 7.09. The number of amides is 1. The molecule has 2 aliphatic rings. The van der Waals surface area contributed by atoms with Crippen molar-refractivity contribution in [2.45, 2.75) is 37.6 Å². The SMILES string of the molecule is Cn1cc(C(=O)NC2CCN(c3nc(C4CC4)ns3)CC2)cn1. The first kappa shape index (κ1) is 14.6. The minimum Gasteiger partial charge on any atom is -0.349 e. The van der Waals surface area contributed by atoms with Gasteiger partial charge in [0.1, 0.15) is 5.82 Å². The monoisotopic (exact) mass is 332 g/mol. The van der Waals surface area contributed by atoms with E-state index in [0.29, 0.717) is 11.5 Å². The van der Waals surface area contributed by atoms with Gasteiger partial charge in [-0.2, -0.15) is 9.47 Å². The van der Waals surface area contributed by atoms with Crippen LogP contribution in [0.2, 0.25) is 0 Å². The van der Waals surface area contributed by atoms with Crippen molar-refractivity contribution < 1.29 is 4.79 Å². The maximum Gasteiger partial charge on any atom is 0.254 e. The van der Waals surface area contributed by atoms with Crippen molar-refractivity contribution in [2.24, 2.45) is 7.05 Å². The molecule has 7 nitrogen and oxygen atoms in total. The Morgan fingerprint density at radius 3 is 2.74 bits per heavy atom. The molecule has 2 fully saturated rings. The first-order chi connectivity index (χ1) is 11.2. The van der Waals surface area contributed by atoms with Crippen LogP contribution in [0.4, 0.5) is 5.13 Å². The predicted octanol–water partition coefficient (Wildman–Crippen LogP) is 1.55. The van der Waals surface area contributed by atoms with E-state index in [-0.39, 0.29) is 11.9 Å². The van der Waals surface area contributed by atoms with Gasteiger partial charge in [0.2, 0.25) is 5.13 Å². The molecule has 1 saturated heterocycles. The minimum absolute atomic E-state index is 0.0384. The number of nitrogens with zero attached hydrogens (tertiary/aromatic N) is 5. The van der Waals surface area contributed by atoms with E-state index in [0.717, 1.165) is 36.9 Å². The summed E-state index contributed by atoms with van der Waals surface area (Å²) < 4.78 is 6.12. The second kappa shape index (κ2) is 5.92. The van der Waals surface area contributed by atoms with Gasteiger partial charge < -0.3 is 10.2 Å². The summed E-state index contributed by atoms with van der Waals surface area (Å²) in [6, 6.07) is 0.217. The second-order valence-electron chi connectivity index (χ2n) is 6.35. The molecule has 1 amide bonds. The number of carbonyl (C=O) groups excluding carboxylic acids is 1. The number of aromatic nitrogens is 4. The highest BCUT2D eigenvalue weighted by Crippen LogP contribution is 2.39. The number of hydrogen-bond donors (Lipinski definition) is 1. The van der Waals surface area contributed by atoms with Gasteiger partial charge in [-0.15, -0.1) is 0 Å². The highest BCUT2D eigenvalue weighted by atomic mass is 32.1. The van der Waals surface area contributed by atoms with Crippen molar-refractivity contribution in [3.05, 3.63) is 23.8 Å². The third-order valence-corrected chi connectivity index (χ3v) is 5.23. The molecule has 0 bridgehead atoms. The zero-order valence-corrected chi connectivity index (χ0v) is 13.9. The summed E-state index contributed by atoms with van der Waals surface area (Å²) in [6.07, 6.45) is 7.68. The summed E-state index contributed by atoms with van der Waals surface area (Å²) in [5, 5.41) is 8.17. The molecular weight excluding hydrogens is 312 g/mol. The van der Waals surface area contributed by atoms with E-state index in [1.54, 1.807) is 17.1 Å². The molecule has 0 atom stereocenters. The molecular formula is C15H20N6OS. The molecule has 1 N–H and O–H groups in total. The van der Waals surface area contributed by atoms with Crippen LogP contribution in [0, 0.1) is 0 Å². The van der Waals surface area contributed by atoms with Gasteiger partial charge in [0.05, 0.1) is 11.8 Å². The van der Waals surface area contributed by atoms with Gasteiger partial charge >= 0.3 is 0 Å². The molecule has 4 rings (SSSR count). The highest BCUT2D eigenvalue weighted by Gasteiger charge is 2.29. The van der Waals surface area contributed by atoms with Crippen LogP contribution < -0.4 is 10.2 Å². The van der Waals surface area contributed by atoms with Crippen molar-refractivity contribution in [1.82, 2.24) is 24.5 Å². The van der Waals surface area contributed by atoms with E-state index in [2.05, 4.69) is 24.7 Å². The molecule has 1 aliphatic heterocycles. The van der Waals surface area contributed by atoms with Gasteiger partial charge in [0, 0.05) is 49.8 Å². The molecule has 1 saturated carbocycles. The standard InChI is InChI=1S/C15H20N6OS/c1-20-9-11(8-16-20)14(22)17-12-4-6-21(7-5-12)15-18-13(19-23-15)10-2-3-10/h8-10,12H,2-7H2,1H3,(H,17,22). The van der Waals surface area contributed by atoms with Crippen LogP contribution in [-0.4, -0.2) is 44.2 Å². The normalized spacial score (nSPS) is 19.1. The summed E-state index contributed by atoms with van der Waals surface area (Å²) in [5.41, 5.74) is 0.619. The average Bonchev–Trinajstić information content (AvgIpc) is 3.12. The summed E-state index contributed by atoms with van der Waals surface area (Å²) in [5.74, 6) is 1.59. The summed E-state index contributed by atoms with van der Waals surface area (Å²) in [4.78, 5) is 19.1. The number of piperidine rings is 1. The Bertz CT molecular complexity index is 698. The smallest absolute Gasteiger partial charge is 0.254 e. The van der Waals surface area contributed by atoms with Crippen molar-refractivity contribution in [3.8, 4) is 0 Å². The third-order valence-electron chi connectivity index (χ3n) is 4.44. The van der Waals surface area contributed by atoms with Crippen LogP contribution in [0.25, 0.3) is 0 Å². The van der Waals surface area contributed by atoms with Crippen LogP contribution in [0.5, 0.6) is 0 Å². The predicted molar refractivity (Wildman–Crippen MR) is 87.8 cm³/mol. The maximum absolute atomic E-state index is 12.2. The third kappa shape index (κ3) is 3.21. The van der Waals surface area contributed by atoms with Gasteiger partial charge in [-0.1, -0.05) is 0 Å². The largest absolute Gasteiger partial charge is 0.349 e. The lowest BCUT2D eigenvalue weighted by molar-refractivity contribution is 0.0931. The molecule has 0 unspecified atom stereocenters. The number of hydrogen-bond acceptors (Lipinski definition) is 6. The Balaban J connectivity index is 1.30. The van der Waals surface area contributed by atoms with E-state index in [4.69, 9.17) is 0 Å². The Labute approximate surface area is 138 Å². The summed E-state index contributed by atoms with van der Waals surface area (Å²) in [6.45, 7) is 1.83. The fourth-order valence-corrected chi connectivity index (χ4v) is 3.68. The molecule has 0 aromatic carbocycles. The lowest BCUT2D eigenvalue weighted by Gasteiger charge is -2.31. The Kier molecular flexibility index (Phi) is 3.76. The van der Waals surface area contributed by atoms with Crippen LogP contribution in [0.1, 0.15) is 47.8 Å². The quantitative estimate of drug-likeness (QED) is 0.919. The lowest BCUT2D eigenvalue weighted by Crippen LogP contribution is -2.44. The number of rotatable bonds is 4. The van der Waals surface area contributed by atoms with E-state index < -0.39 is 0 Å². The number of aryl methyl sites for hydroxylation is 1. The second-order valence-corrected chi connectivity index (χ2v) is 7.08. The Morgan fingerprint density at radius 1 is 1.30 bits per heavy atom. The van der Waals surface area contributed by atoms with Crippen LogP contribution >= 0.6 is 11.5 Å². The number of anilines is 1. The summed E-state index contributed by atoms with van der Waals surface area (Å²) >= 11 is 1.51. The Hall–Kier alpha value is -1.96. The van der Waals surface area contributed by atoms with Crippen LogP contribution in [0.3, 0.4) is 0 Å². The van der Waals surface area contributed by atoms with E-state index in [9.17, 15) is 4.79 Å². The van der Waals surface area contributed by atoms with E-state index >= 15 is 0 Å². The van der Waals surface area contributed by atoms with Gasteiger partial charge in [-0.25, -0.2) is 4.98 Å². The zero-order valence-electron chi connectivity index (χ0n) is 13.1. The van der Waals surface area contributed by atoms with Crippen LogP contribution in [-0.2, 0) is 7.05 Å². The van der Waals surface area contributed by atoms with Gasteiger partial charge in [-0.05, 0) is 25.7 Å². The fourth-order valence-electron chi connectivity index (χ4n) is 2.88. The van der Waals surface area contributed by atoms with Gasteiger partial charge in [0.25, 0.3) is 5.91 Å². The molecule has 3 heterocycles. The van der Waals surface area contributed by atoms with Crippen molar-refractivity contribution in [3.63, 3.8) is 0 Å². The lowest BCUT2D eigenvalue weighted by atomic mass is 10.1. The van der Waals surface area contributed by atoms with Gasteiger partial charge in [0.15, 0.2) is 0 Å². The molecule has 23 heavy (non-hydrogen) atoms. The minimum atomic E-state index is -0.0384. The number of nitrogens with one attached hydrogen (secondary N) is 1. The van der Waals surface area contributed by atoms with Crippen molar-refractivity contribution in [1.29, 1.82) is 0 Å². The molecule has 1 aliphatic carbocycles. The van der Waals surface area contributed by atoms with Crippen molar-refractivity contribution >= 4 is 22.6 Å². The fraction of sp³-hybridized carbons (Fsp3) is 0.600. The van der Waals surface area contributed by atoms with E-state index in [1.165, 1.54) is 24.4 Å². The van der Waals surface area contributed by atoms with Crippen molar-refractivity contribution in [2.75, 3.05) is 18.0 Å². The van der Waals surface area contributed by atoms with E-state index in [1.807, 2.05) is 7.05 Å². The molecule has 122 valence electrons. The first-order valence-corrected chi connectivity index (χ1v) is 8.84. The zero-order chi connectivity index (χ0) is 15.8. The number of carbonyl (C=O) groups is 1. The molecule has 8 heteroatoms. The topological polar surface area (TPSA) is 75.9 Å². The van der Waals surface area contributed by atoms with Gasteiger partial charge in [-0.3, -0.25) is 9.48 Å². The first-order valence-electron chi connectivity index (χ1n) is 8.07. The average molecular weight is 332 g/mol. The summed E-state index contributed by atoms with van der Waals surface area (Å²) in [7, 11) is 1.81. The molecule has 2 aromatic rings.